The fourth-order valence-electron chi connectivity index (χ4n) is 3.16. The lowest BCUT2D eigenvalue weighted by Gasteiger charge is -2.20. The monoisotopic (exact) mass is 515 g/mol. The highest BCUT2D eigenvalue weighted by molar-refractivity contribution is 7.10. The van der Waals surface area contributed by atoms with Crippen LogP contribution in [0.25, 0.3) is 11.6 Å². The van der Waals surface area contributed by atoms with Crippen molar-refractivity contribution < 1.29 is 28.0 Å². The van der Waals surface area contributed by atoms with Gasteiger partial charge in [0.15, 0.2) is 11.4 Å². The van der Waals surface area contributed by atoms with Gasteiger partial charge in [-0.05, 0) is 33.6 Å². The van der Waals surface area contributed by atoms with Gasteiger partial charge in [-0.15, -0.1) is 11.3 Å². The van der Waals surface area contributed by atoms with Crippen LogP contribution in [0, 0.1) is 12.8 Å². The van der Waals surface area contributed by atoms with Crippen LogP contribution in [0.3, 0.4) is 0 Å². The van der Waals surface area contributed by atoms with Gasteiger partial charge in [0.25, 0.3) is 5.91 Å². The molecule has 3 aromatic rings. The van der Waals surface area contributed by atoms with E-state index >= 15 is 0 Å². The lowest BCUT2D eigenvalue weighted by molar-refractivity contribution is -0.118. The summed E-state index contributed by atoms with van der Waals surface area (Å²) in [7, 11) is 1.24. The summed E-state index contributed by atoms with van der Waals surface area (Å²) < 4.78 is 15.6. The van der Waals surface area contributed by atoms with E-state index in [1.54, 1.807) is 32.2 Å². The van der Waals surface area contributed by atoms with Gasteiger partial charge >= 0.3 is 5.97 Å². The summed E-state index contributed by atoms with van der Waals surface area (Å²) in [5.41, 5.74) is 1.17. The van der Waals surface area contributed by atoms with Crippen LogP contribution in [0.4, 0.5) is 0 Å². The first-order chi connectivity index (χ1) is 17.0. The highest BCUT2D eigenvalue weighted by atomic mass is 32.1. The Morgan fingerprint density at radius 2 is 1.86 bits per heavy atom. The Balaban J connectivity index is 1.76. The van der Waals surface area contributed by atoms with Crippen LogP contribution in [-0.2, 0) is 9.53 Å². The number of oxazole rings is 2. The van der Waals surface area contributed by atoms with Crippen molar-refractivity contribution in [3.8, 4) is 11.6 Å². The number of hydrogen-bond donors (Lipinski definition) is 2. The molecule has 12 heteroatoms. The average Bonchev–Trinajstić information content (AvgIpc) is 3.60. The van der Waals surface area contributed by atoms with E-state index < -0.39 is 17.9 Å². The quantitative estimate of drug-likeness (QED) is 0.316. The Hall–Kier alpha value is -3.80. The highest BCUT2D eigenvalue weighted by Crippen LogP contribution is 2.30. The van der Waals surface area contributed by atoms with E-state index in [-0.39, 0.29) is 41.0 Å². The van der Waals surface area contributed by atoms with E-state index in [4.69, 9.17) is 8.83 Å². The maximum atomic E-state index is 12.8. The summed E-state index contributed by atoms with van der Waals surface area (Å²) >= 11 is 1.38. The molecule has 3 rings (SSSR count). The summed E-state index contributed by atoms with van der Waals surface area (Å²) in [6, 6.07) is -0.932. The first-order valence-electron chi connectivity index (χ1n) is 11.3. The van der Waals surface area contributed by atoms with E-state index in [2.05, 4.69) is 30.3 Å². The van der Waals surface area contributed by atoms with E-state index in [1.807, 2.05) is 20.8 Å². The molecule has 0 aliphatic carbocycles. The van der Waals surface area contributed by atoms with Gasteiger partial charge in [-0.1, -0.05) is 19.9 Å². The summed E-state index contributed by atoms with van der Waals surface area (Å²) in [6.07, 6.45) is 2.92. The van der Waals surface area contributed by atoms with Gasteiger partial charge in [0.1, 0.15) is 28.8 Å². The SMILES string of the molecule is C/C=C(\C)C(=O)N[C@H](c1nc(-c2nc(C(=O)N[C@@H](C)c3nc(C(=O)OC)co3)c(C)o2)cs1)C(C)C. The van der Waals surface area contributed by atoms with Crippen molar-refractivity contribution in [1.29, 1.82) is 0 Å². The van der Waals surface area contributed by atoms with Gasteiger partial charge in [0.2, 0.25) is 17.7 Å². The zero-order valence-corrected chi connectivity index (χ0v) is 22.0. The first-order valence-corrected chi connectivity index (χ1v) is 12.1. The molecule has 0 bridgehead atoms. The minimum atomic E-state index is -0.641. The van der Waals surface area contributed by atoms with Gasteiger partial charge in [-0.25, -0.2) is 19.7 Å². The first kappa shape index (κ1) is 26.8. The Morgan fingerprint density at radius 1 is 1.14 bits per heavy atom. The van der Waals surface area contributed by atoms with E-state index in [1.165, 1.54) is 18.4 Å². The van der Waals surface area contributed by atoms with Crippen molar-refractivity contribution in [2.24, 2.45) is 5.92 Å². The third-order valence-electron chi connectivity index (χ3n) is 5.40. The van der Waals surface area contributed by atoms with Gasteiger partial charge in [0.05, 0.1) is 13.2 Å². The molecule has 0 unspecified atom stereocenters. The number of carbonyl (C=O) groups is 3. The number of amides is 2. The van der Waals surface area contributed by atoms with Crippen molar-refractivity contribution in [1.82, 2.24) is 25.6 Å². The number of ether oxygens (including phenoxy) is 1. The second-order valence-electron chi connectivity index (χ2n) is 8.42. The van der Waals surface area contributed by atoms with Crippen LogP contribution in [0.2, 0.25) is 0 Å². The fourth-order valence-corrected chi connectivity index (χ4v) is 4.17. The van der Waals surface area contributed by atoms with E-state index in [9.17, 15) is 14.4 Å². The Bertz CT molecular complexity index is 1290. The maximum absolute atomic E-state index is 12.8. The second kappa shape index (κ2) is 11.3. The topological polar surface area (TPSA) is 149 Å². The van der Waals surface area contributed by atoms with Gasteiger partial charge in [-0.2, -0.15) is 0 Å². The predicted molar refractivity (Wildman–Crippen MR) is 131 cm³/mol. The number of methoxy groups -OCH3 is 1. The molecule has 0 saturated carbocycles. The highest BCUT2D eigenvalue weighted by Gasteiger charge is 2.26. The number of aromatic nitrogens is 3. The van der Waals surface area contributed by atoms with Crippen molar-refractivity contribution >= 4 is 29.1 Å². The largest absolute Gasteiger partial charge is 0.464 e. The number of nitrogens with zero attached hydrogens (tertiary/aromatic N) is 3. The Morgan fingerprint density at radius 3 is 2.50 bits per heavy atom. The molecule has 3 heterocycles. The number of nitrogens with one attached hydrogen (secondary N) is 2. The molecule has 0 fully saturated rings. The zero-order valence-electron chi connectivity index (χ0n) is 21.2. The lowest BCUT2D eigenvalue weighted by Crippen LogP contribution is -2.32. The molecule has 0 radical (unpaired) electrons. The molecule has 2 N–H and O–H groups in total. The number of hydrogen-bond acceptors (Lipinski definition) is 10. The molecule has 192 valence electrons. The molecule has 0 saturated heterocycles. The van der Waals surface area contributed by atoms with Crippen molar-refractivity contribution in [2.45, 2.75) is 53.6 Å². The van der Waals surface area contributed by atoms with Crippen LogP contribution in [0.15, 0.2) is 32.1 Å². The summed E-state index contributed by atoms with van der Waals surface area (Å²) in [5, 5.41) is 8.22. The standard InChI is InChI=1S/C24H29N5O6S/c1-8-12(4)19(30)28-17(11(2)3)23-27-16(10-36-23)22-29-18(14(6)35-22)20(31)25-13(5)21-26-15(9-34-21)24(32)33-7/h8-11,13,17H,1-7H3,(H,25,31)(H,28,30)/b12-8+/t13-,17-/m0/s1. The molecule has 0 aliphatic rings. The van der Waals surface area contributed by atoms with E-state index in [0.29, 0.717) is 22.0 Å². The Labute approximate surface area is 212 Å². The van der Waals surface area contributed by atoms with Crippen molar-refractivity contribution in [3.05, 3.63) is 51.3 Å². The normalized spacial score (nSPS) is 13.4. The van der Waals surface area contributed by atoms with Gasteiger partial charge in [0, 0.05) is 11.0 Å². The number of allylic oxidation sites excluding steroid dienone is 1. The number of esters is 1. The third kappa shape index (κ3) is 5.88. The fraction of sp³-hybridized carbons (Fsp3) is 0.417. The van der Waals surface area contributed by atoms with Crippen LogP contribution < -0.4 is 10.6 Å². The lowest BCUT2D eigenvalue weighted by atomic mass is 10.0. The number of aryl methyl sites for hydroxylation is 1. The molecular weight excluding hydrogens is 486 g/mol. The molecule has 2 amide bonds. The number of carbonyl (C=O) groups excluding carboxylic acids is 3. The maximum Gasteiger partial charge on any atom is 0.360 e. The Kier molecular flexibility index (Phi) is 8.41. The summed E-state index contributed by atoms with van der Waals surface area (Å²) in [4.78, 5) is 49.8. The summed E-state index contributed by atoms with van der Waals surface area (Å²) in [6.45, 7) is 10.8. The molecule has 36 heavy (non-hydrogen) atoms. The minimum absolute atomic E-state index is 0.00427. The van der Waals surface area contributed by atoms with E-state index in [0.717, 1.165) is 6.26 Å². The average molecular weight is 516 g/mol. The predicted octanol–water partition coefficient (Wildman–Crippen LogP) is 4.15. The molecule has 0 aromatic carbocycles. The third-order valence-corrected chi connectivity index (χ3v) is 6.33. The molecular formula is C24H29N5O6S. The van der Waals surface area contributed by atoms with Crippen LogP contribution in [-0.4, -0.2) is 39.8 Å². The van der Waals surface area contributed by atoms with Crippen molar-refractivity contribution in [2.75, 3.05) is 7.11 Å². The van der Waals surface area contributed by atoms with Gasteiger partial charge < -0.3 is 24.2 Å². The molecule has 3 aromatic heterocycles. The van der Waals surface area contributed by atoms with Crippen LogP contribution >= 0.6 is 11.3 Å². The molecule has 11 nitrogen and oxygen atoms in total. The number of thiazole rings is 1. The smallest absolute Gasteiger partial charge is 0.360 e. The molecule has 0 aliphatic heterocycles. The van der Waals surface area contributed by atoms with Crippen LogP contribution in [0.1, 0.15) is 84.3 Å². The van der Waals surface area contributed by atoms with Gasteiger partial charge in [-0.3, -0.25) is 9.59 Å². The number of rotatable bonds is 9. The minimum Gasteiger partial charge on any atom is -0.464 e. The molecule has 2 atom stereocenters. The van der Waals surface area contributed by atoms with Crippen molar-refractivity contribution in [3.63, 3.8) is 0 Å². The summed E-state index contributed by atoms with van der Waals surface area (Å²) in [5.74, 6) is -0.555. The molecule has 0 spiro atoms. The zero-order chi connectivity index (χ0) is 26.6. The second-order valence-corrected chi connectivity index (χ2v) is 9.31. The van der Waals surface area contributed by atoms with Crippen LogP contribution in [0.5, 0.6) is 0 Å².